The fourth-order valence-corrected chi connectivity index (χ4v) is 7.05. The maximum atomic E-state index is 3.73. The highest BCUT2D eigenvalue weighted by Crippen LogP contribution is 2.43. The minimum Gasteiger partial charge on any atom is -0.355 e. The van der Waals surface area contributed by atoms with E-state index in [0.29, 0.717) is 5.92 Å². The third kappa shape index (κ3) is 4.66. The SMILES string of the molecule is Cc1c(-c2ccc(Nc3ccc(-c4cccc5ccccc45)c4ccccc34)cc2)cccc1-c1ccccc1C1CCC1. The molecular formula is C43H35N. The molecule has 0 unspecified atom stereocenters. The van der Waals surface area contributed by atoms with Crippen molar-refractivity contribution in [3.05, 3.63) is 157 Å². The summed E-state index contributed by atoms with van der Waals surface area (Å²) in [5, 5.41) is 8.74. The molecule has 0 saturated heterocycles. The van der Waals surface area contributed by atoms with Gasteiger partial charge in [-0.3, -0.25) is 0 Å². The van der Waals surface area contributed by atoms with E-state index in [9.17, 15) is 0 Å². The zero-order valence-corrected chi connectivity index (χ0v) is 25.1. The van der Waals surface area contributed by atoms with Crippen LogP contribution in [0.4, 0.5) is 11.4 Å². The van der Waals surface area contributed by atoms with Gasteiger partial charge in [0, 0.05) is 16.8 Å². The van der Waals surface area contributed by atoms with Crippen molar-refractivity contribution in [3.8, 4) is 33.4 Å². The molecule has 8 rings (SSSR count). The van der Waals surface area contributed by atoms with Gasteiger partial charge in [-0.15, -0.1) is 0 Å². The average Bonchev–Trinajstić information content (AvgIpc) is 3.05. The average molecular weight is 566 g/mol. The summed E-state index contributed by atoms with van der Waals surface area (Å²) in [5.74, 6) is 0.705. The number of anilines is 2. The lowest BCUT2D eigenvalue weighted by Crippen LogP contribution is -2.10. The number of fused-ring (bicyclic) bond motifs is 2. The second-order valence-corrected chi connectivity index (χ2v) is 12.1. The van der Waals surface area contributed by atoms with Gasteiger partial charge in [-0.1, -0.05) is 134 Å². The van der Waals surface area contributed by atoms with Gasteiger partial charge in [0.05, 0.1) is 0 Å². The molecule has 1 aliphatic carbocycles. The lowest BCUT2D eigenvalue weighted by atomic mass is 9.76. The quantitative estimate of drug-likeness (QED) is 0.211. The van der Waals surface area contributed by atoms with Gasteiger partial charge >= 0.3 is 0 Å². The van der Waals surface area contributed by atoms with E-state index in [4.69, 9.17) is 0 Å². The monoisotopic (exact) mass is 565 g/mol. The standard InChI is InChI=1S/C43H35N/c1-29-34(20-10-21-35(29)38-17-5-4-16-36(38)31-12-8-13-31)32-23-25-33(26-24-32)44-43-28-27-41(40-18-6-7-19-42(40)43)39-22-9-14-30-11-2-3-15-37(30)39/h2-7,9-11,14-28,31,44H,8,12-13H2,1H3. The van der Waals surface area contributed by atoms with Crippen LogP contribution >= 0.6 is 0 Å². The number of hydrogen-bond acceptors (Lipinski definition) is 1. The first-order valence-corrected chi connectivity index (χ1v) is 15.8. The summed E-state index contributed by atoms with van der Waals surface area (Å²) in [7, 11) is 0. The molecular weight excluding hydrogens is 530 g/mol. The van der Waals surface area contributed by atoms with E-state index in [-0.39, 0.29) is 0 Å². The lowest BCUT2D eigenvalue weighted by molar-refractivity contribution is 0.420. The van der Waals surface area contributed by atoms with Crippen molar-refractivity contribution in [2.45, 2.75) is 32.1 Å². The van der Waals surface area contributed by atoms with E-state index < -0.39 is 0 Å². The summed E-state index contributed by atoms with van der Waals surface area (Å²) in [5.41, 5.74) is 12.9. The Morgan fingerprint density at radius 1 is 0.477 bits per heavy atom. The molecule has 0 atom stereocenters. The van der Waals surface area contributed by atoms with Crippen molar-refractivity contribution in [2.24, 2.45) is 0 Å². The molecule has 0 amide bonds. The molecule has 1 saturated carbocycles. The molecule has 7 aromatic carbocycles. The Bertz CT molecular complexity index is 2130. The van der Waals surface area contributed by atoms with Crippen molar-refractivity contribution < 1.29 is 0 Å². The van der Waals surface area contributed by atoms with Gasteiger partial charge in [0.1, 0.15) is 0 Å². The molecule has 7 aromatic rings. The minimum atomic E-state index is 0.705. The maximum Gasteiger partial charge on any atom is 0.0464 e. The molecule has 0 aliphatic heterocycles. The van der Waals surface area contributed by atoms with E-state index in [2.05, 4.69) is 158 Å². The first-order chi connectivity index (χ1) is 21.7. The minimum absolute atomic E-state index is 0.705. The first-order valence-electron chi connectivity index (χ1n) is 15.8. The Balaban J connectivity index is 1.11. The molecule has 0 heterocycles. The second kappa shape index (κ2) is 11.2. The van der Waals surface area contributed by atoms with Crippen molar-refractivity contribution in [1.29, 1.82) is 0 Å². The van der Waals surface area contributed by atoms with Gasteiger partial charge in [-0.25, -0.2) is 0 Å². The van der Waals surface area contributed by atoms with Crippen LogP contribution < -0.4 is 5.32 Å². The Morgan fingerprint density at radius 2 is 1.09 bits per heavy atom. The van der Waals surface area contributed by atoms with Gasteiger partial charge in [0.15, 0.2) is 0 Å². The van der Waals surface area contributed by atoms with Crippen LogP contribution in [0.3, 0.4) is 0 Å². The van der Waals surface area contributed by atoms with Crippen LogP contribution in [0.5, 0.6) is 0 Å². The Kier molecular flexibility index (Phi) is 6.72. The molecule has 1 heteroatoms. The van der Waals surface area contributed by atoms with Gasteiger partial charge in [0.25, 0.3) is 0 Å². The van der Waals surface area contributed by atoms with Gasteiger partial charge in [-0.2, -0.15) is 0 Å². The van der Waals surface area contributed by atoms with Crippen LogP contribution in [0.1, 0.15) is 36.3 Å². The first kappa shape index (κ1) is 26.5. The topological polar surface area (TPSA) is 12.0 Å². The summed E-state index contributed by atoms with van der Waals surface area (Å²) in [6.45, 7) is 2.28. The number of rotatable bonds is 6. The third-order valence-corrected chi connectivity index (χ3v) is 9.61. The second-order valence-electron chi connectivity index (χ2n) is 12.1. The van der Waals surface area contributed by atoms with Gasteiger partial charge < -0.3 is 5.32 Å². The molecule has 1 N–H and O–H groups in total. The lowest BCUT2D eigenvalue weighted by Gasteiger charge is -2.28. The predicted molar refractivity (Wildman–Crippen MR) is 189 cm³/mol. The molecule has 0 bridgehead atoms. The fraction of sp³-hybridized carbons (Fsp3) is 0.116. The van der Waals surface area contributed by atoms with Gasteiger partial charge in [-0.05, 0) is 105 Å². The largest absolute Gasteiger partial charge is 0.355 e. The molecule has 1 nitrogen and oxygen atoms in total. The molecule has 1 fully saturated rings. The summed E-state index contributed by atoms with van der Waals surface area (Å²) >= 11 is 0. The van der Waals surface area contributed by atoms with E-state index >= 15 is 0 Å². The summed E-state index contributed by atoms with van der Waals surface area (Å²) in [6.07, 6.45) is 3.97. The molecule has 0 spiro atoms. The molecule has 212 valence electrons. The number of hydrogen-bond donors (Lipinski definition) is 1. The fourth-order valence-electron chi connectivity index (χ4n) is 7.05. The van der Waals surface area contributed by atoms with Crippen LogP contribution in [-0.4, -0.2) is 0 Å². The Labute approximate surface area is 259 Å². The van der Waals surface area contributed by atoms with E-state index in [0.717, 1.165) is 11.4 Å². The number of benzene rings is 7. The van der Waals surface area contributed by atoms with Crippen molar-refractivity contribution in [2.75, 3.05) is 5.32 Å². The predicted octanol–water partition coefficient (Wildman–Crippen LogP) is 12.3. The normalized spacial score (nSPS) is 13.2. The number of nitrogens with one attached hydrogen (secondary N) is 1. The smallest absolute Gasteiger partial charge is 0.0464 e. The van der Waals surface area contributed by atoms with Gasteiger partial charge in [0.2, 0.25) is 0 Å². The summed E-state index contributed by atoms with van der Waals surface area (Å²) < 4.78 is 0. The van der Waals surface area contributed by atoms with Crippen molar-refractivity contribution >= 4 is 32.9 Å². The van der Waals surface area contributed by atoms with Crippen LogP contribution in [0.25, 0.3) is 54.9 Å². The summed E-state index contributed by atoms with van der Waals surface area (Å²) in [6, 6.07) is 53.1. The van der Waals surface area contributed by atoms with Crippen LogP contribution in [-0.2, 0) is 0 Å². The molecule has 0 aromatic heterocycles. The van der Waals surface area contributed by atoms with Crippen LogP contribution in [0, 0.1) is 6.92 Å². The van der Waals surface area contributed by atoms with Crippen molar-refractivity contribution in [1.82, 2.24) is 0 Å². The highest BCUT2D eigenvalue weighted by molar-refractivity contribution is 6.09. The molecule has 1 aliphatic rings. The Morgan fingerprint density at radius 3 is 1.91 bits per heavy atom. The van der Waals surface area contributed by atoms with Crippen LogP contribution in [0.2, 0.25) is 0 Å². The van der Waals surface area contributed by atoms with Crippen LogP contribution in [0.15, 0.2) is 146 Å². The highest BCUT2D eigenvalue weighted by Gasteiger charge is 2.23. The maximum absolute atomic E-state index is 3.73. The van der Waals surface area contributed by atoms with E-state index in [1.807, 2.05) is 0 Å². The van der Waals surface area contributed by atoms with E-state index in [1.165, 1.54) is 85.3 Å². The zero-order valence-electron chi connectivity index (χ0n) is 25.1. The van der Waals surface area contributed by atoms with E-state index in [1.54, 1.807) is 0 Å². The third-order valence-electron chi connectivity index (χ3n) is 9.61. The summed E-state index contributed by atoms with van der Waals surface area (Å²) in [4.78, 5) is 0. The van der Waals surface area contributed by atoms with Crippen molar-refractivity contribution in [3.63, 3.8) is 0 Å². The Hall–Kier alpha value is -5.14. The molecule has 44 heavy (non-hydrogen) atoms. The molecule has 0 radical (unpaired) electrons. The zero-order chi connectivity index (χ0) is 29.5. The highest BCUT2D eigenvalue weighted by atomic mass is 14.9.